The zero-order chi connectivity index (χ0) is 11.4. The van der Waals surface area contributed by atoms with Gasteiger partial charge in [-0.15, -0.1) is 0 Å². The third-order valence-corrected chi connectivity index (χ3v) is 3.52. The van der Waals surface area contributed by atoms with Gasteiger partial charge < -0.3 is 15.0 Å². The molecule has 4 nitrogen and oxygen atoms in total. The van der Waals surface area contributed by atoms with Crippen LogP contribution in [-0.2, 0) is 9.53 Å². The molecule has 0 aromatic carbocycles. The zero-order valence-corrected chi connectivity index (χ0v) is 10.1. The molecule has 2 rings (SSSR count). The molecule has 0 aromatic heterocycles. The fourth-order valence-corrected chi connectivity index (χ4v) is 2.39. The van der Waals surface area contributed by atoms with Gasteiger partial charge in [0.05, 0.1) is 12.6 Å². The number of amides is 1. The lowest BCUT2D eigenvalue weighted by Crippen LogP contribution is -2.45. The van der Waals surface area contributed by atoms with Gasteiger partial charge in [-0.2, -0.15) is 0 Å². The van der Waals surface area contributed by atoms with Crippen molar-refractivity contribution in [2.45, 2.75) is 32.2 Å². The zero-order valence-electron chi connectivity index (χ0n) is 10.1. The molecule has 1 N–H and O–H groups in total. The quantitative estimate of drug-likeness (QED) is 0.764. The van der Waals surface area contributed by atoms with Gasteiger partial charge in [0.25, 0.3) is 0 Å². The molecule has 2 heterocycles. The van der Waals surface area contributed by atoms with E-state index in [0.717, 1.165) is 52.1 Å². The second kappa shape index (κ2) is 5.64. The third kappa shape index (κ3) is 2.95. The van der Waals surface area contributed by atoms with E-state index in [-0.39, 0.29) is 11.9 Å². The first-order chi connectivity index (χ1) is 7.77. The Bertz CT molecular complexity index is 233. The van der Waals surface area contributed by atoms with Crippen molar-refractivity contribution in [1.82, 2.24) is 10.2 Å². The Balaban J connectivity index is 1.69. The van der Waals surface area contributed by atoms with Crippen LogP contribution in [0.2, 0.25) is 0 Å². The van der Waals surface area contributed by atoms with E-state index in [9.17, 15) is 4.79 Å². The highest BCUT2D eigenvalue weighted by Crippen LogP contribution is 2.12. The number of hydrogen-bond acceptors (Lipinski definition) is 3. The molecule has 2 saturated heterocycles. The minimum atomic E-state index is -0.0429. The van der Waals surface area contributed by atoms with Gasteiger partial charge in [0.15, 0.2) is 0 Å². The van der Waals surface area contributed by atoms with E-state index in [0.29, 0.717) is 5.92 Å². The van der Waals surface area contributed by atoms with E-state index in [2.05, 4.69) is 5.32 Å². The molecule has 92 valence electrons. The Labute approximate surface area is 97.3 Å². The normalized spacial score (nSPS) is 27.3. The molecule has 2 fully saturated rings. The number of nitrogens with one attached hydrogen (secondary N) is 1. The van der Waals surface area contributed by atoms with Crippen LogP contribution >= 0.6 is 0 Å². The van der Waals surface area contributed by atoms with Gasteiger partial charge in [0, 0.05) is 26.2 Å². The maximum atomic E-state index is 12.0. The molecule has 0 unspecified atom stereocenters. The highest BCUT2D eigenvalue weighted by atomic mass is 16.5. The summed E-state index contributed by atoms with van der Waals surface area (Å²) in [7, 11) is 0. The van der Waals surface area contributed by atoms with Crippen molar-refractivity contribution in [2.75, 3.05) is 32.8 Å². The molecule has 1 amide bonds. The lowest BCUT2D eigenvalue weighted by atomic mass is 10.1. The summed E-state index contributed by atoms with van der Waals surface area (Å²) in [5.74, 6) is 0.852. The Hall–Kier alpha value is -0.610. The fraction of sp³-hybridized carbons (Fsp3) is 0.917. The Morgan fingerprint density at radius 3 is 2.88 bits per heavy atom. The van der Waals surface area contributed by atoms with Crippen LogP contribution in [0.5, 0.6) is 0 Å². The van der Waals surface area contributed by atoms with Crippen LogP contribution in [0.15, 0.2) is 0 Å². The van der Waals surface area contributed by atoms with Gasteiger partial charge in [0.1, 0.15) is 0 Å². The highest BCUT2D eigenvalue weighted by Gasteiger charge is 2.24. The number of hydrogen-bond donors (Lipinski definition) is 1. The molecular formula is C12H22N2O2. The molecule has 0 spiro atoms. The third-order valence-electron chi connectivity index (χ3n) is 3.52. The molecule has 0 aliphatic carbocycles. The smallest absolute Gasteiger partial charge is 0.239 e. The minimum Gasteiger partial charge on any atom is -0.381 e. The Kier molecular flexibility index (Phi) is 4.18. The van der Waals surface area contributed by atoms with Crippen molar-refractivity contribution in [2.24, 2.45) is 5.92 Å². The predicted molar refractivity (Wildman–Crippen MR) is 62.2 cm³/mol. The van der Waals surface area contributed by atoms with Crippen LogP contribution in [-0.4, -0.2) is 49.7 Å². The van der Waals surface area contributed by atoms with Gasteiger partial charge in [0.2, 0.25) is 5.91 Å². The predicted octanol–water partition coefficient (Wildman–Crippen LogP) is 0.623. The molecule has 2 aliphatic heterocycles. The first-order valence-corrected chi connectivity index (χ1v) is 6.37. The highest BCUT2D eigenvalue weighted by molar-refractivity contribution is 5.81. The van der Waals surface area contributed by atoms with Crippen LogP contribution in [0.3, 0.4) is 0 Å². The Morgan fingerprint density at radius 1 is 1.50 bits per heavy atom. The van der Waals surface area contributed by atoms with E-state index in [1.165, 1.54) is 0 Å². The van der Waals surface area contributed by atoms with Gasteiger partial charge >= 0.3 is 0 Å². The van der Waals surface area contributed by atoms with Crippen molar-refractivity contribution < 1.29 is 9.53 Å². The largest absolute Gasteiger partial charge is 0.381 e. The maximum Gasteiger partial charge on any atom is 0.239 e. The lowest BCUT2D eigenvalue weighted by Gasteiger charge is -2.22. The number of likely N-dealkylation sites (tertiary alicyclic amines) is 1. The second-order valence-corrected chi connectivity index (χ2v) is 4.89. The fourth-order valence-electron chi connectivity index (χ4n) is 2.39. The van der Waals surface area contributed by atoms with Crippen LogP contribution in [0, 0.1) is 5.92 Å². The summed E-state index contributed by atoms with van der Waals surface area (Å²) in [6.45, 7) is 6.48. The van der Waals surface area contributed by atoms with Crippen molar-refractivity contribution >= 4 is 5.91 Å². The van der Waals surface area contributed by atoms with Crippen LogP contribution in [0.4, 0.5) is 0 Å². The number of ether oxygens (including phenoxy) is 1. The van der Waals surface area contributed by atoms with Gasteiger partial charge in [-0.3, -0.25) is 4.79 Å². The summed E-state index contributed by atoms with van der Waals surface area (Å²) in [5, 5.41) is 3.33. The number of nitrogens with zero attached hydrogens (tertiary/aromatic N) is 1. The molecule has 0 bridgehead atoms. The minimum absolute atomic E-state index is 0.0429. The average molecular weight is 226 g/mol. The van der Waals surface area contributed by atoms with E-state index in [1.54, 1.807) is 0 Å². The van der Waals surface area contributed by atoms with E-state index >= 15 is 0 Å². The van der Waals surface area contributed by atoms with Gasteiger partial charge in [-0.1, -0.05) is 0 Å². The molecular weight excluding hydrogens is 204 g/mol. The molecule has 2 aliphatic rings. The monoisotopic (exact) mass is 226 g/mol. The van der Waals surface area contributed by atoms with E-state index in [1.807, 2.05) is 11.8 Å². The average Bonchev–Trinajstić information content (AvgIpc) is 2.96. The number of carbonyl (C=O) groups excluding carboxylic acids is 1. The van der Waals surface area contributed by atoms with Gasteiger partial charge in [-0.25, -0.2) is 0 Å². The van der Waals surface area contributed by atoms with Crippen molar-refractivity contribution in [3.8, 4) is 0 Å². The molecule has 4 heteroatoms. The molecule has 2 atom stereocenters. The summed E-state index contributed by atoms with van der Waals surface area (Å²) in [6, 6.07) is -0.0429. The number of rotatable bonds is 4. The van der Waals surface area contributed by atoms with Crippen LogP contribution in [0.25, 0.3) is 0 Å². The molecule has 0 aromatic rings. The summed E-state index contributed by atoms with van der Waals surface area (Å²) in [6.07, 6.45) is 3.45. The van der Waals surface area contributed by atoms with Crippen molar-refractivity contribution in [3.63, 3.8) is 0 Å². The topological polar surface area (TPSA) is 41.6 Å². The molecule has 16 heavy (non-hydrogen) atoms. The SMILES string of the molecule is C[C@H](NC[C@@H]1CCOC1)C(=O)N1CCCC1. The summed E-state index contributed by atoms with van der Waals surface area (Å²) >= 11 is 0. The maximum absolute atomic E-state index is 12.0. The van der Waals surface area contributed by atoms with Crippen molar-refractivity contribution in [3.05, 3.63) is 0 Å². The lowest BCUT2D eigenvalue weighted by molar-refractivity contribution is -0.132. The standard InChI is InChI=1S/C12H22N2O2/c1-10(12(15)14-5-2-3-6-14)13-8-11-4-7-16-9-11/h10-11,13H,2-9H2,1H3/t10-,11-/m0/s1. The second-order valence-electron chi connectivity index (χ2n) is 4.89. The first-order valence-electron chi connectivity index (χ1n) is 6.37. The van der Waals surface area contributed by atoms with Crippen LogP contribution < -0.4 is 5.32 Å². The summed E-state index contributed by atoms with van der Waals surface area (Å²) in [4.78, 5) is 14.0. The Morgan fingerprint density at radius 2 is 2.25 bits per heavy atom. The van der Waals surface area contributed by atoms with Crippen LogP contribution in [0.1, 0.15) is 26.2 Å². The van der Waals surface area contributed by atoms with E-state index < -0.39 is 0 Å². The number of carbonyl (C=O) groups is 1. The van der Waals surface area contributed by atoms with Crippen molar-refractivity contribution in [1.29, 1.82) is 0 Å². The van der Waals surface area contributed by atoms with E-state index in [4.69, 9.17) is 4.74 Å². The molecule has 0 radical (unpaired) electrons. The van der Waals surface area contributed by atoms with Gasteiger partial charge in [-0.05, 0) is 32.1 Å². The summed E-state index contributed by atoms with van der Waals surface area (Å²) < 4.78 is 5.31. The first kappa shape index (κ1) is 11.9. The molecule has 0 saturated carbocycles. The summed E-state index contributed by atoms with van der Waals surface area (Å²) in [5.41, 5.74) is 0.